The smallest absolute Gasteiger partial charge is 0.265 e. The van der Waals surface area contributed by atoms with Crippen molar-refractivity contribution in [3.05, 3.63) is 406 Å². The number of amides is 16. The number of fused-ring (bicyclic) bond motifs is 3. The van der Waals surface area contributed by atoms with E-state index in [4.69, 9.17) is 0 Å². The van der Waals surface area contributed by atoms with Crippen LogP contribution in [-0.4, -0.2) is 179 Å². The van der Waals surface area contributed by atoms with Crippen molar-refractivity contribution in [3.63, 3.8) is 0 Å². The monoisotopic (exact) mass is 1970 g/mol. The molecule has 12 aliphatic carbocycles. The van der Waals surface area contributed by atoms with Crippen LogP contribution in [0.1, 0.15) is 176 Å². The topological polar surface area (TPSA) is 321 Å². The molecule has 6 atom stereocenters. The van der Waals surface area contributed by atoms with Crippen molar-refractivity contribution >= 4 is 173 Å². The second kappa shape index (κ2) is 33.2. The van der Waals surface area contributed by atoms with E-state index in [-0.39, 0.29) is 118 Å². The van der Waals surface area contributed by atoms with E-state index in [1.54, 1.807) is 86.2 Å². The van der Waals surface area contributed by atoms with Crippen molar-refractivity contribution in [2.24, 2.45) is 24.8 Å². The van der Waals surface area contributed by atoms with Gasteiger partial charge in [-0.25, -0.2) is 4.90 Å². The van der Waals surface area contributed by atoms with Crippen LogP contribution in [0.25, 0.3) is 72.3 Å². The highest BCUT2D eigenvalue weighted by Crippen LogP contribution is 2.55. The Balaban J connectivity index is 0.000000101. The highest BCUT2D eigenvalue weighted by Gasteiger charge is 2.54. The van der Waals surface area contributed by atoms with Crippen molar-refractivity contribution in [1.29, 1.82) is 0 Å². The number of hydrogen-bond donors (Lipinski definition) is 0. The lowest BCUT2D eigenvalue weighted by Gasteiger charge is -2.42. The van der Waals surface area contributed by atoms with Gasteiger partial charge in [-0.05, 0) is 273 Å². The number of rotatable bonds is 5. The largest absolute Gasteiger partial charge is 0.311 e. The van der Waals surface area contributed by atoms with E-state index < -0.39 is 41.4 Å². The Labute approximate surface area is 851 Å². The lowest BCUT2D eigenvalue weighted by molar-refractivity contribution is -0.143. The maximum absolute atomic E-state index is 13.7. The first-order chi connectivity index (χ1) is 71.5. The molecule has 0 saturated carbocycles. The number of carbonyl (C=O) groups excluding carboxylic acids is 16. The number of hydrogen-bond acceptors (Lipinski definition) is 17. The van der Waals surface area contributed by atoms with Gasteiger partial charge in [-0.1, -0.05) is 160 Å². The van der Waals surface area contributed by atoms with Crippen molar-refractivity contribution in [3.8, 4) is 0 Å². The van der Waals surface area contributed by atoms with E-state index in [9.17, 15) is 81.5 Å². The fourth-order valence-electron chi connectivity index (χ4n) is 25.4. The van der Waals surface area contributed by atoms with Gasteiger partial charge in [0.2, 0.25) is 17.7 Å². The molecule has 8 aromatic carbocycles. The molecule has 0 bridgehead atoms. The van der Waals surface area contributed by atoms with E-state index in [0.29, 0.717) is 88.8 Å². The molecule has 26 heteroatoms. The van der Waals surface area contributed by atoms with Gasteiger partial charge in [-0.3, -0.25) is 116 Å². The van der Waals surface area contributed by atoms with Crippen molar-refractivity contribution in [2.75, 3.05) is 26.0 Å². The molecule has 149 heavy (non-hydrogen) atoms. The lowest BCUT2D eigenvalue weighted by Crippen LogP contribution is -2.54. The van der Waals surface area contributed by atoms with Crippen LogP contribution in [0.4, 0.5) is 5.69 Å². The van der Waals surface area contributed by atoms with Gasteiger partial charge < -0.3 is 4.57 Å². The summed E-state index contributed by atoms with van der Waals surface area (Å²) in [5, 5.41) is 11.1. The number of likely N-dealkylation sites (N-methyl/N-ethyl adjacent to an activating group) is 2. The Bertz CT molecular complexity index is 9260. The predicted octanol–water partition coefficient (Wildman–Crippen LogP) is 10.7. The van der Waals surface area contributed by atoms with Gasteiger partial charge in [0.05, 0.1) is 23.4 Å². The Morgan fingerprint density at radius 3 is 1.01 bits per heavy atom. The van der Waals surface area contributed by atoms with Crippen LogP contribution in [0.5, 0.6) is 0 Å². The molecule has 9 heterocycles. The fourth-order valence-corrected chi connectivity index (χ4v) is 25.4. The SMILES string of the molecule is C=c1c2cccc3cccc(c(=O)n1C)c32.CC.CC(C)N1C(=O)C2=CC=C3C4=c5c6c(ccc5=C5C=CC(=C2C35)C1=O)C(=O)N(C(C)C)C(=O)C6C=C4.CC(C)N1C(=O)c2ccc3c4c(ccc(c24)C1=O)C(=O)N(C)C3=O.CC(C)N1C(=O)c2ccc3c4c2C(C=CC=4C2=CC=C4C(=O)N(C)C(=O)C5=C4C2C=3C=C5)C1=O.CN1C(=O)C2=CC=C3C4=c5c6c(ccc5=C5C=CC(=C2C35)C1=O)C(=O)N(c1ccccc1)C(=O)C6C=C4. The summed E-state index contributed by atoms with van der Waals surface area (Å²) in [5.74, 6) is -7.17. The van der Waals surface area contributed by atoms with Gasteiger partial charge in [-0.15, -0.1) is 0 Å². The third-order valence-corrected chi connectivity index (χ3v) is 32.0. The van der Waals surface area contributed by atoms with Gasteiger partial charge in [0.1, 0.15) is 0 Å². The Morgan fingerprint density at radius 1 is 0.282 bits per heavy atom. The molecule has 29 rings (SSSR count). The van der Waals surface area contributed by atoms with Crippen LogP contribution >= 0.6 is 0 Å². The van der Waals surface area contributed by atoms with Crippen LogP contribution in [0.15, 0.2) is 308 Å². The molecule has 8 aliphatic heterocycles. The van der Waals surface area contributed by atoms with E-state index in [1.807, 2.05) is 231 Å². The first-order valence-corrected chi connectivity index (χ1v) is 49.9. The molecule has 0 fully saturated rings. The van der Waals surface area contributed by atoms with E-state index >= 15 is 0 Å². The third kappa shape index (κ3) is 12.5. The quantitative estimate of drug-likeness (QED) is 0.145. The molecule has 1 aromatic heterocycles. The maximum atomic E-state index is 13.7. The Morgan fingerprint density at radius 2 is 0.617 bits per heavy atom. The molecule has 0 saturated heterocycles. The maximum Gasteiger partial charge on any atom is 0.265 e. The fraction of sp³-hybridized carbons (Fsp3) is 0.195. The molecule has 732 valence electrons. The molecular weight excluding hydrogens is 1880 g/mol. The van der Waals surface area contributed by atoms with Gasteiger partial charge in [0.25, 0.3) is 82.4 Å². The zero-order valence-corrected chi connectivity index (χ0v) is 83.5. The molecule has 6 unspecified atom stereocenters. The third-order valence-electron chi connectivity index (χ3n) is 32.0. The summed E-state index contributed by atoms with van der Waals surface area (Å²) < 4.78 is 1.61. The molecule has 9 aromatic rings. The number of carbonyl (C=O) groups is 16. The standard InChI is InChI=1S/C31H18N2O4.C30H24N2O4.C28H20N2O4.C18H14N2O4.C14H11NO.C2H6/c1-32-28(34)20-11-7-16-18-9-13-22-27-23(31(37)33(30(22)36)15-5-3-2-4-6-15)14-10-19(25(18)27)17-8-12-21(29(32)35)26(20)24(16)17;1-13(2)31-27(33)19-9-5-15-17-7-11-21-26-22(30(36)32(14(3)4)29(21)35)12-8-18(24(17)26)16-6-10-20(28(31)34)25(19)23(15)16;1-12(2)30-27(33)19-10-6-15-13-4-8-17-23-18(26(32)29(3)25(17)31)9-5-14(21(13)23)16-7-11-20(28(30)34)24(19)22(15)16;1-8(2)20-17(23)11-6-4-9-13-10(16(22)19(3)15(9)21)5-7-12(14(11)13)18(20)24;1-9-11-7-3-5-10-6-4-8-12(13(10)11)14(16)15(9)2;1-2/h2-14,22,24H,1H3;5-14,19,24H,1-4H3;4-12,19,21H,1-3H3;4-8H,1-3H3;3-8H,1H2,2H3;1-2H3. The second-order valence-corrected chi connectivity index (χ2v) is 40.6. The summed E-state index contributed by atoms with van der Waals surface area (Å²) in [7, 11) is 6.20. The summed E-state index contributed by atoms with van der Waals surface area (Å²) in [6, 6.07) is 37.5. The van der Waals surface area contributed by atoms with Crippen LogP contribution in [0, 0.1) is 17.8 Å². The van der Waals surface area contributed by atoms with Crippen LogP contribution in [-0.2, 0) is 50.2 Å². The average molecular weight is 1970 g/mol. The highest BCUT2D eigenvalue weighted by atomic mass is 16.2. The number of para-hydroxylation sites is 1. The molecule has 0 radical (unpaired) electrons. The molecule has 0 spiro atoms. The van der Waals surface area contributed by atoms with Crippen molar-refractivity contribution < 1.29 is 76.7 Å². The summed E-state index contributed by atoms with van der Waals surface area (Å²) in [6.07, 6.45) is 34.2. The van der Waals surface area contributed by atoms with Crippen LogP contribution in [0.2, 0.25) is 0 Å². The number of benzene rings is 8. The first kappa shape index (κ1) is 93.3. The zero-order chi connectivity index (χ0) is 105. The minimum Gasteiger partial charge on any atom is -0.311 e. The van der Waals surface area contributed by atoms with E-state index in [0.717, 1.165) is 147 Å². The molecule has 20 aliphatic rings. The van der Waals surface area contributed by atoms with Crippen LogP contribution < -0.4 is 47.1 Å². The zero-order valence-electron chi connectivity index (χ0n) is 83.5. The van der Waals surface area contributed by atoms with Gasteiger partial charge in [0.15, 0.2) is 0 Å². The highest BCUT2D eigenvalue weighted by molar-refractivity contribution is 6.34. The Kier molecular flexibility index (Phi) is 20.8. The Hall–Kier alpha value is -18.1. The van der Waals surface area contributed by atoms with Crippen molar-refractivity contribution in [2.45, 2.75) is 111 Å². The lowest BCUT2D eigenvalue weighted by atomic mass is 9.64. The predicted molar refractivity (Wildman–Crippen MR) is 559 cm³/mol. The number of pyridine rings is 1. The molecule has 26 nitrogen and oxygen atoms in total. The number of allylic oxidation sites excluding steroid dienone is 15. The average Bonchev–Trinajstić information content (AvgIpc) is 0.710. The van der Waals surface area contributed by atoms with Crippen LogP contribution in [0.3, 0.4) is 0 Å². The second-order valence-electron chi connectivity index (χ2n) is 40.6. The number of aromatic nitrogens is 1. The summed E-state index contributed by atoms with van der Waals surface area (Å²) in [4.78, 5) is 231. The summed E-state index contributed by atoms with van der Waals surface area (Å²) in [5.41, 5.74) is 20.2. The molecule has 16 amide bonds. The number of anilines is 1. The van der Waals surface area contributed by atoms with E-state index in [2.05, 4.69) is 6.58 Å². The van der Waals surface area contributed by atoms with Gasteiger partial charge >= 0.3 is 0 Å². The summed E-state index contributed by atoms with van der Waals surface area (Å²) in [6.45, 7) is 22.6. The van der Waals surface area contributed by atoms with Gasteiger partial charge in [0, 0.05) is 175 Å². The number of nitrogens with zero attached hydrogens (tertiary/aromatic N) is 9. The van der Waals surface area contributed by atoms with E-state index in [1.165, 1.54) is 55.4 Å². The minimum atomic E-state index is -0.576. The first-order valence-electron chi connectivity index (χ1n) is 49.9. The molecular formula is C123H93N9O17. The molecule has 0 N–H and O–H groups in total. The van der Waals surface area contributed by atoms with Gasteiger partial charge in [-0.2, -0.15) is 0 Å². The van der Waals surface area contributed by atoms with Crippen molar-refractivity contribution in [1.82, 2.24) is 38.9 Å². The minimum absolute atomic E-state index is 0.0225. The summed E-state index contributed by atoms with van der Waals surface area (Å²) >= 11 is 0. The number of imide groups is 8. The normalized spacial score (nSPS) is 21.9.